The SMILES string of the molecule is CC(C)(CCC#N)CNc1ccc2c(c1)CCO2. The molecule has 0 radical (unpaired) electrons. The van der Waals surface area contributed by atoms with Crippen LogP contribution in [-0.4, -0.2) is 13.2 Å². The molecule has 0 saturated carbocycles. The van der Waals surface area contributed by atoms with Gasteiger partial charge in [0.05, 0.1) is 12.7 Å². The van der Waals surface area contributed by atoms with E-state index < -0.39 is 0 Å². The number of benzene rings is 1. The number of anilines is 1. The third-order valence-electron chi connectivity index (χ3n) is 3.37. The summed E-state index contributed by atoms with van der Waals surface area (Å²) in [6.45, 7) is 6.06. The smallest absolute Gasteiger partial charge is 0.122 e. The van der Waals surface area contributed by atoms with Crippen molar-refractivity contribution in [1.29, 1.82) is 5.26 Å². The van der Waals surface area contributed by atoms with Gasteiger partial charge in [-0.25, -0.2) is 0 Å². The Bertz CT molecular complexity index is 460. The maximum atomic E-state index is 8.64. The van der Waals surface area contributed by atoms with E-state index in [0.717, 1.165) is 37.4 Å². The summed E-state index contributed by atoms with van der Waals surface area (Å²) < 4.78 is 5.49. The van der Waals surface area contributed by atoms with E-state index in [9.17, 15) is 0 Å². The Kier molecular flexibility index (Phi) is 3.76. The van der Waals surface area contributed by atoms with Crippen molar-refractivity contribution in [2.24, 2.45) is 5.41 Å². The van der Waals surface area contributed by atoms with Gasteiger partial charge in [0.2, 0.25) is 0 Å². The van der Waals surface area contributed by atoms with Crippen LogP contribution in [0.15, 0.2) is 18.2 Å². The van der Waals surface area contributed by atoms with Crippen molar-refractivity contribution in [2.75, 3.05) is 18.5 Å². The van der Waals surface area contributed by atoms with Crippen LogP contribution in [-0.2, 0) is 6.42 Å². The topological polar surface area (TPSA) is 45.0 Å². The lowest BCUT2D eigenvalue weighted by Gasteiger charge is -2.24. The zero-order valence-corrected chi connectivity index (χ0v) is 11.1. The molecule has 3 heteroatoms. The van der Waals surface area contributed by atoms with Crippen LogP contribution in [0.25, 0.3) is 0 Å². The van der Waals surface area contributed by atoms with Crippen LogP contribution < -0.4 is 10.1 Å². The lowest BCUT2D eigenvalue weighted by molar-refractivity contribution is 0.357. The summed E-state index contributed by atoms with van der Waals surface area (Å²) in [4.78, 5) is 0. The summed E-state index contributed by atoms with van der Waals surface area (Å²) in [6, 6.07) is 8.48. The van der Waals surface area contributed by atoms with Crippen LogP contribution >= 0.6 is 0 Å². The molecule has 1 aromatic rings. The summed E-state index contributed by atoms with van der Waals surface area (Å²) in [7, 11) is 0. The minimum Gasteiger partial charge on any atom is -0.493 e. The first-order chi connectivity index (χ1) is 8.61. The zero-order chi connectivity index (χ0) is 13.0. The Morgan fingerprint density at radius 2 is 2.28 bits per heavy atom. The Hall–Kier alpha value is -1.69. The number of hydrogen-bond donors (Lipinski definition) is 1. The minimum absolute atomic E-state index is 0.144. The van der Waals surface area contributed by atoms with Crippen molar-refractivity contribution in [2.45, 2.75) is 33.1 Å². The van der Waals surface area contributed by atoms with Crippen molar-refractivity contribution >= 4 is 5.69 Å². The fourth-order valence-electron chi connectivity index (χ4n) is 2.12. The number of rotatable bonds is 5. The predicted octanol–water partition coefficient (Wildman–Crippen LogP) is 3.36. The largest absolute Gasteiger partial charge is 0.493 e. The van der Waals surface area contributed by atoms with Crippen LogP contribution in [0.4, 0.5) is 5.69 Å². The van der Waals surface area contributed by atoms with E-state index >= 15 is 0 Å². The van der Waals surface area contributed by atoms with Gasteiger partial charge < -0.3 is 10.1 Å². The molecule has 1 heterocycles. The van der Waals surface area contributed by atoms with Crippen molar-refractivity contribution in [1.82, 2.24) is 0 Å². The molecule has 1 aliphatic rings. The van der Waals surface area contributed by atoms with E-state index in [1.165, 1.54) is 5.56 Å². The highest BCUT2D eigenvalue weighted by Crippen LogP contribution is 2.29. The van der Waals surface area contributed by atoms with Gasteiger partial charge in [0.1, 0.15) is 5.75 Å². The number of fused-ring (bicyclic) bond motifs is 1. The number of ether oxygens (including phenoxy) is 1. The van der Waals surface area contributed by atoms with Gasteiger partial charge in [0.25, 0.3) is 0 Å². The van der Waals surface area contributed by atoms with E-state index in [1.807, 2.05) is 6.07 Å². The molecule has 18 heavy (non-hydrogen) atoms. The van der Waals surface area contributed by atoms with Crippen molar-refractivity contribution in [3.8, 4) is 11.8 Å². The molecule has 0 bridgehead atoms. The predicted molar refractivity (Wildman–Crippen MR) is 72.8 cm³/mol. The van der Waals surface area contributed by atoms with E-state index in [1.54, 1.807) is 0 Å². The molecule has 1 aromatic carbocycles. The molecule has 0 unspecified atom stereocenters. The molecule has 3 nitrogen and oxygen atoms in total. The third-order valence-corrected chi connectivity index (χ3v) is 3.37. The molecule has 0 aromatic heterocycles. The van der Waals surface area contributed by atoms with Gasteiger partial charge in [-0.2, -0.15) is 5.26 Å². The van der Waals surface area contributed by atoms with Crippen LogP contribution in [0.2, 0.25) is 0 Å². The van der Waals surface area contributed by atoms with Gasteiger partial charge >= 0.3 is 0 Å². The highest BCUT2D eigenvalue weighted by atomic mass is 16.5. The van der Waals surface area contributed by atoms with E-state index in [0.29, 0.717) is 6.42 Å². The first-order valence-electron chi connectivity index (χ1n) is 6.47. The standard InChI is InChI=1S/C15H20N2O/c1-15(2,7-3-8-16)11-17-13-4-5-14-12(10-13)6-9-18-14/h4-5,10,17H,3,6-7,9,11H2,1-2H3. The highest BCUT2D eigenvalue weighted by molar-refractivity contribution is 5.52. The van der Waals surface area contributed by atoms with Crippen LogP contribution in [0.1, 0.15) is 32.3 Å². The maximum absolute atomic E-state index is 8.64. The Balaban J connectivity index is 1.92. The van der Waals surface area contributed by atoms with Gasteiger partial charge in [-0.15, -0.1) is 0 Å². The molecule has 1 aliphatic heterocycles. The first-order valence-corrected chi connectivity index (χ1v) is 6.47. The van der Waals surface area contributed by atoms with E-state index in [2.05, 4.69) is 37.4 Å². The maximum Gasteiger partial charge on any atom is 0.122 e. The molecular weight excluding hydrogens is 224 g/mol. The third kappa shape index (κ3) is 3.16. The van der Waals surface area contributed by atoms with Gasteiger partial charge in [-0.3, -0.25) is 0 Å². The van der Waals surface area contributed by atoms with Crippen LogP contribution in [0.3, 0.4) is 0 Å². The molecule has 0 fully saturated rings. The molecule has 0 saturated heterocycles. The van der Waals surface area contributed by atoms with Crippen molar-refractivity contribution < 1.29 is 4.74 Å². The van der Waals surface area contributed by atoms with Gasteiger partial charge in [-0.05, 0) is 35.6 Å². The number of nitriles is 1. The Morgan fingerprint density at radius 3 is 3.06 bits per heavy atom. The Labute approximate surface area is 109 Å². The number of nitrogens with one attached hydrogen (secondary N) is 1. The second-order valence-corrected chi connectivity index (χ2v) is 5.60. The van der Waals surface area contributed by atoms with E-state index in [4.69, 9.17) is 10.00 Å². The second-order valence-electron chi connectivity index (χ2n) is 5.60. The Morgan fingerprint density at radius 1 is 1.44 bits per heavy atom. The average molecular weight is 244 g/mol. The zero-order valence-electron chi connectivity index (χ0n) is 11.1. The lowest BCUT2D eigenvalue weighted by atomic mass is 9.88. The summed E-state index contributed by atoms with van der Waals surface area (Å²) in [5, 5.41) is 12.1. The van der Waals surface area contributed by atoms with Crippen LogP contribution in [0.5, 0.6) is 5.75 Å². The molecule has 96 valence electrons. The average Bonchev–Trinajstić information content (AvgIpc) is 2.81. The fraction of sp³-hybridized carbons (Fsp3) is 0.533. The molecule has 0 spiro atoms. The van der Waals surface area contributed by atoms with Gasteiger partial charge in [0, 0.05) is 25.1 Å². The molecule has 0 atom stereocenters. The highest BCUT2D eigenvalue weighted by Gasteiger charge is 2.18. The first kappa shape index (κ1) is 12.8. The summed E-state index contributed by atoms with van der Waals surface area (Å²) in [5.41, 5.74) is 2.57. The number of nitrogens with zero attached hydrogens (tertiary/aromatic N) is 1. The summed E-state index contributed by atoms with van der Waals surface area (Å²) >= 11 is 0. The fourth-order valence-corrected chi connectivity index (χ4v) is 2.12. The van der Waals surface area contributed by atoms with Gasteiger partial charge in [-0.1, -0.05) is 13.8 Å². The van der Waals surface area contributed by atoms with Gasteiger partial charge in [0.15, 0.2) is 0 Å². The molecule has 1 N–H and O–H groups in total. The summed E-state index contributed by atoms with van der Waals surface area (Å²) in [6.07, 6.45) is 2.54. The number of hydrogen-bond acceptors (Lipinski definition) is 3. The minimum atomic E-state index is 0.144. The molecule has 0 aliphatic carbocycles. The second kappa shape index (κ2) is 5.30. The van der Waals surface area contributed by atoms with E-state index in [-0.39, 0.29) is 5.41 Å². The molecule has 0 amide bonds. The van der Waals surface area contributed by atoms with Crippen molar-refractivity contribution in [3.05, 3.63) is 23.8 Å². The summed E-state index contributed by atoms with van der Waals surface area (Å²) in [5.74, 6) is 1.02. The molecular formula is C15H20N2O. The molecule has 2 rings (SSSR count). The lowest BCUT2D eigenvalue weighted by Crippen LogP contribution is -2.22. The van der Waals surface area contributed by atoms with Crippen LogP contribution in [0, 0.1) is 16.7 Å². The normalized spacial score (nSPS) is 13.6. The van der Waals surface area contributed by atoms with Crippen molar-refractivity contribution in [3.63, 3.8) is 0 Å². The quantitative estimate of drug-likeness (QED) is 0.863. The monoisotopic (exact) mass is 244 g/mol.